The zero-order valence-corrected chi connectivity index (χ0v) is 21.1. The molecule has 1 unspecified atom stereocenters. The molecular weight excluding hydrogens is 476 g/mol. The Kier molecular flexibility index (Phi) is 8.78. The van der Waals surface area contributed by atoms with Gasteiger partial charge < -0.3 is 15.4 Å². The van der Waals surface area contributed by atoms with Gasteiger partial charge in [-0.1, -0.05) is 37.8 Å². The molecule has 188 valence electrons. The molecule has 0 spiro atoms. The first kappa shape index (κ1) is 25.5. The van der Waals surface area contributed by atoms with Gasteiger partial charge in [-0.15, -0.1) is 11.3 Å². The van der Waals surface area contributed by atoms with Crippen LogP contribution in [0.2, 0.25) is 0 Å². The third-order valence-electron chi connectivity index (χ3n) is 6.27. The van der Waals surface area contributed by atoms with E-state index in [0.29, 0.717) is 34.6 Å². The van der Waals surface area contributed by atoms with E-state index in [0.717, 1.165) is 24.8 Å². The Morgan fingerprint density at radius 1 is 1.11 bits per heavy atom. The molecule has 0 aliphatic heterocycles. The molecule has 2 amide bonds. The summed E-state index contributed by atoms with van der Waals surface area (Å²) < 4.78 is 4.97. The summed E-state index contributed by atoms with van der Waals surface area (Å²) in [6.45, 7) is 2.08. The summed E-state index contributed by atoms with van der Waals surface area (Å²) in [6, 6.07) is 10.8. The van der Waals surface area contributed by atoms with E-state index in [-0.39, 0.29) is 30.1 Å². The van der Waals surface area contributed by atoms with Gasteiger partial charge in [0.2, 0.25) is 5.91 Å². The lowest BCUT2D eigenvalue weighted by Gasteiger charge is -2.20. The van der Waals surface area contributed by atoms with Crippen LogP contribution in [0.25, 0.3) is 0 Å². The molecule has 0 saturated heterocycles. The number of benzene rings is 1. The van der Waals surface area contributed by atoms with Crippen LogP contribution in [0.15, 0.2) is 54.2 Å². The molecular formula is C27H30N4O4S. The van der Waals surface area contributed by atoms with Crippen molar-refractivity contribution < 1.29 is 19.1 Å². The number of aromatic nitrogens is 2. The number of nitrogens with one attached hydrogen (secondary N) is 2. The number of hydrogen-bond donors (Lipinski definition) is 2. The predicted octanol–water partition coefficient (Wildman–Crippen LogP) is 5.20. The minimum Gasteiger partial charge on any atom is -0.466 e. The number of anilines is 2. The van der Waals surface area contributed by atoms with Crippen LogP contribution in [0.1, 0.15) is 66.6 Å². The molecule has 1 saturated carbocycles. The molecule has 2 aromatic heterocycles. The molecule has 0 bridgehead atoms. The second-order valence-corrected chi connectivity index (χ2v) is 9.73. The second kappa shape index (κ2) is 12.4. The van der Waals surface area contributed by atoms with Crippen LogP contribution < -0.4 is 10.6 Å². The van der Waals surface area contributed by atoms with Crippen LogP contribution in [0.5, 0.6) is 0 Å². The van der Waals surface area contributed by atoms with Gasteiger partial charge in [0.25, 0.3) is 5.91 Å². The molecule has 9 heteroatoms. The number of pyridine rings is 1. The number of hydrogen-bond acceptors (Lipinski definition) is 7. The average Bonchev–Trinajstić information content (AvgIpc) is 3.56. The molecule has 8 nitrogen and oxygen atoms in total. The van der Waals surface area contributed by atoms with Crippen molar-refractivity contribution >= 4 is 39.9 Å². The van der Waals surface area contributed by atoms with Crippen LogP contribution in [0.4, 0.5) is 10.8 Å². The standard InChI is InChI=1S/C27H30N4O4S/c1-2-35-24(32)15-22-17-36-27(30-22)31-26(34)23(14-18-6-3-4-7-18)19-9-11-21(12-10-19)29-25(33)20-8-5-13-28-16-20/h5,8-13,16-18,23H,2-4,6-7,14-15H2,1H3,(H,29,33)(H,30,31,34). The first-order valence-corrected chi connectivity index (χ1v) is 13.1. The third-order valence-corrected chi connectivity index (χ3v) is 7.07. The molecule has 36 heavy (non-hydrogen) atoms. The van der Waals surface area contributed by atoms with E-state index in [9.17, 15) is 14.4 Å². The van der Waals surface area contributed by atoms with Crippen LogP contribution >= 0.6 is 11.3 Å². The van der Waals surface area contributed by atoms with Gasteiger partial charge in [-0.25, -0.2) is 4.98 Å². The maximum Gasteiger partial charge on any atom is 0.311 e. The zero-order valence-electron chi connectivity index (χ0n) is 20.2. The Morgan fingerprint density at radius 3 is 2.58 bits per heavy atom. The highest BCUT2D eigenvalue weighted by atomic mass is 32.1. The number of carbonyl (C=O) groups is 3. The number of esters is 1. The third kappa shape index (κ3) is 6.97. The first-order chi connectivity index (χ1) is 17.5. The zero-order chi connectivity index (χ0) is 25.3. The van der Waals surface area contributed by atoms with Crippen LogP contribution in [-0.4, -0.2) is 34.4 Å². The second-order valence-electron chi connectivity index (χ2n) is 8.87. The fourth-order valence-corrected chi connectivity index (χ4v) is 5.18. The van der Waals surface area contributed by atoms with Gasteiger partial charge in [-0.3, -0.25) is 19.4 Å². The smallest absolute Gasteiger partial charge is 0.311 e. The number of amides is 2. The predicted molar refractivity (Wildman–Crippen MR) is 139 cm³/mol. The topological polar surface area (TPSA) is 110 Å². The van der Waals surface area contributed by atoms with Gasteiger partial charge >= 0.3 is 5.97 Å². The number of thiazole rings is 1. The van der Waals surface area contributed by atoms with Crippen molar-refractivity contribution in [1.29, 1.82) is 0 Å². The highest BCUT2D eigenvalue weighted by Gasteiger charge is 2.27. The minimum atomic E-state index is -0.339. The fraction of sp³-hybridized carbons (Fsp3) is 0.370. The molecule has 1 aliphatic rings. The lowest BCUT2D eigenvalue weighted by Crippen LogP contribution is -2.23. The summed E-state index contributed by atoms with van der Waals surface area (Å²) in [6.07, 6.45) is 8.63. The molecule has 4 rings (SSSR count). The van der Waals surface area contributed by atoms with Crippen molar-refractivity contribution in [1.82, 2.24) is 9.97 Å². The summed E-state index contributed by atoms with van der Waals surface area (Å²) in [5, 5.41) is 8.05. The van der Waals surface area contributed by atoms with E-state index >= 15 is 0 Å². The van der Waals surface area contributed by atoms with Gasteiger partial charge in [-0.05, 0) is 49.1 Å². The molecule has 0 radical (unpaired) electrons. The van der Waals surface area contributed by atoms with E-state index in [4.69, 9.17) is 4.74 Å². The summed E-state index contributed by atoms with van der Waals surface area (Å²) >= 11 is 1.30. The minimum absolute atomic E-state index is 0.0813. The molecule has 2 heterocycles. The van der Waals surface area contributed by atoms with Gasteiger partial charge in [0.15, 0.2) is 5.13 Å². The molecule has 1 atom stereocenters. The quantitative estimate of drug-likeness (QED) is 0.366. The van der Waals surface area contributed by atoms with Gasteiger partial charge in [0.05, 0.1) is 30.2 Å². The van der Waals surface area contributed by atoms with Crippen molar-refractivity contribution in [3.05, 3.63) is 71.0 Å². The van der Waals surface area contributed by atoms with E-state index in [2.05, 4.69) is 20.6 Å². The van der Waals surface area contributed by atoms with Crippen molar-refractivity contribution in [2.24, 2.45) is 5.92 Å². The molecule has 3 aromatic rings. The number of carbonyl (C=O) groups excluding carboxylic acids is 3. The number of nitrogens with zero attached hydrogens (tertiary/aromatic N) is 2. The maximum absolute atomic E-state index is 13.4. The number of ether oxygens (including phenoxy) is 1. The SMILES string of the molecule is CCOC(=O)Cc1csc(NC(=O)C(CC2CCCC2)c2ccc(NC(=O)c3cccnc3)cc2)n1. The summed E-state index contributed by atoms with van der Waals surface area (Å²) in [4.78, 5) is 45.9. The molecule has 1 aliphatic carbocycles. The Bertz CT molecular complexity index is 1170. The van der Waals surface area contributed by atoms with Crippen LogP contribution in [0, 0.1) is 5.92 Å². The van der Waals surface area contributed by atoms with Gasteiger partial charge in [0, 0.05) is 23.5 Å². The average molecular weight is 507 g/mol. The largest absolute Gasteiger partial charge is 0.466 e. The number of rotatable bonds is 10. The van der Waals surface area contributed by atoms with Gasteiger partial charge in [0.1, 0.15) is 0 Å². The van der Waals surface area contributed by atoms with E-state index in [1.807, 2.05) is 24.3 Å². The monoisotopic (exact) mass is 506 g/mol. The summed E-state index contributed by atoms with van der Waals surface area (Å²) in [5.74, 6) is -0.532. The van der Waals surface area contributed by atoms with E-state index in [1.165, 1.54) is 30.4 Å². The molecule has 1 aromatic carbocycles. The van der Waals surface area contributed by atoms with Crippen molar-refractivity contribution in [2.75, 3.05) is 17.2 Å². The van der Waals surface area contributed by atoms with E-state index < -0.39 is 0 Å². The lowest BCUT2D eigenvalue weighted by molar-refractivity contribution is -0.142. The van der Waals surface area contributed by atoms with Crippen LogP contribution in [0.3, 0.4) is 0 Å². The fourth-order valence-electron chi connectivity index (χ4n) is 4.47. The van der Waals surface area contributed by atoms with Crippen LogP contribution in [-0.2, 0) is 20.7 Å². The van der Waals surface area contributed by atoms with E-state index in [1.54, 1.807) is 30.6 Å². The maximum atomic E-state index is 13.4. The Hall–Kier alpha value is -3.59. The van der Waals surface area contributed by atoms with Crippen molar-refractivity contribution in [2.45, 2.75) is 51.4 Å². The first-order valence-electron chi connectivity index (χ1n) is 12.2. The van der Waals surface area contributed by atoms with Crippen molar-refractivity contribution in [3.8, 4) is 0 Å². The Balaban J connectivity index is 1.45. The normalized spacial score (nSPS) is 14.2. The molecule has 1 fully saturated rings. The highest BCUT2D eigenvalue weighted by molar-refractivity contribution is 7.13. The van der Waals surface area contributed by atoms with Crippen molar-refractivity contribution in [3.63, 3.8) is 0 Å². The molecule has 2 N–H and O–H groups in total. The Morgan fingerprint density at radius 2 is 1.89 bits per heavy atom. The Labute approximate surface area is 214 Å². The summed E-state index contributed by atoms with van der Waals surface area (Å²) in [5.41, 5.74) is 2.60. The lowest BCUT2D eigenvalue weighted by atomic mass is 9.87. The highest BCUT2D eigenvalue weighted by Crippen LogP contribution is 2.35. The summed E-state index contributed by atoms with van der Waals surface area (Å²) in [7, 11) is 0. The van der Waals surface area contributed by atoms with Gasteiger partial charge in [-0.2, -0.15) is 0 Å².